The molecule has 0 saturated heterocycles. The van der Waals surface area contributed by atoms with Crippen molar-refractivity contribution in [3.63, 3.8) is 0 Å². The first-order chi connectivity index (χ1) is 8.59. The third-order valence-electron chi connectivity index (χ3n) is 3.99. The van der Waals surface area contributed by atoms with Crippen LogP contribution in [-0.2, 0) is 4.79 Å². The van der Waals surface area contributed by atoms with E-state index >= 15 is 0 Å². The second-order valence-electron chi connectivity index (χ2n) is 6.10. The van der Waals surface area contributed by atoms with Crippen LogP contribution in [0.4, 0.5) is 0 Å². The van der Waals surface area contributed by atoms with Gasteiger partial charge in [-0.3, -0.25) is 4.79 Å². The summed E-state index contributed by atoms with van der Waals surface area (Å²) in [5, 5.41) is 6.35. The smallest absolute Gasteiger partial charge is 0.233 e. The summed E-state index contributed by atoms with van der Waals surface area (Å²) >= 11 is 0. The quantitative estimate of drug-likeness (QED) is 0.733. The van der Waals surface area contributed by atoms with E-state index in [1.807, 2.05) is 0 Å². The van der Waals surface area contributed by atoms with Gasteiger partial charge in [0.05, 0.1) is 6.54 Å². The summed E-state index contributed by atoms with van der Waals surface area (Å²) in [4.78, 5) is 11.6. The molecule has 1 aliphatic carbocycles. The number of nitrogens with one attached hydrogen (secondary N) is 2. The fourth-order valence-electron chi connectivity index (χ4n) is 2.62. The number of carbonyl (C=O) groups excluding carboxylic acids is 1. The van der Waals surface area contributed by atoms with Crippen LogP contribution in [0.2, 0.25) is 0 Å². The minimum Gasteiger partial charge on any atom is -0.355 e. The highest BCUT2D eigenvalue weighted by atomic mass is 16.1. The van der Waals surface area contributed by atoms with Crippen LogP contribution >= 0.6 is 0 Å². The summed E-state index contributed by atoms with van der Waals surface area (Å²) in [5.41, 5.74) is 0. The van der Waals surface area contributed by atoms with E-state index in [0.717, 1.165) is 18.9 Å². The molecule has 0 unspecified atom stereocenters. The van der Waals surface area contributed by atoms with Crippen LogP contribution in [0.15, 0.2) is 0 Å². The van der Waals surface area contributed by atoms with Crippen LogP contribution in [0.25, 0.3) is 0 Å². The lowest BCUT2D eigenvalue weighted by Crippen LogP contribution is -2.42. The van der Waals surface area contributed by atoms with Crippen molar-refractivity contribution >= 4 is 5.91 Å². The Hall–Kier alpha value is -0.570. The van der Waals surface area contributed by atoms with Gasteiger partial charge in [0.2, 0.25) is 5.91 Å². The molecule has 106 valence electrons. The Bertz CT molecular complexity index is 235. The average Bonchev–Trinajstić information content (AvgIpc) is 2.36. The molecule has 0 bridgehead atoms. The monoisotopic (exact) mass is 254 g/mol. The van der Waals surface area contributed by atoms with Gasteiger partial charge in [0.1, 0.15) is 0 Å². The summed E-state index contributed by atoms with van der Waals surface area (Å²) in [7, 11) is 0. The lowest BCUT2D eigenvalue weighted by atomic mass is 9.84. The number of amides is 1. The molecule has 2 N–H and O–H groups in total. The first-order valence-electron chi connectivity index (χ1n) is 7.59. The molecule has 0 heterocycles. The number of rotatable bonds is 7. The number of hydrogen-bond donors (Lipinski definition) is 2. The van der Waals surface area contributed by atoms with Gasteiger partial charge in [-0.05, 0) is 38.0 Å². The molecule has 0 aliphatic heterocycles. The maximum atomic E-state index is 11.6. The van der Waals surface area contributed by atoms with Crippen molar-refractivity contribution in [1.29, 1.82) is 0 Å². The molecule has 3 nitrogen and oxygen atoms in total. The zero-order valence-electron chi connectivity index (χ0n) is 12.3. The van der Waals surface area contributed by atoms with E-state index in [4.69, 9.17) is 0 Å². The molecule has 0 aromatic rings. The SMILES string of the molecule is CC(C)CCNC(=O)CN[C@H](C)C1CCCCC1. The second kappa shape index (κ2) is 8.52. The van der Waals surface area contributed by atoms with Gasteiger partial charge >= 0.3 is 0 Å². The third kappa shape index (κ3) is 6.39. The maximum Gasteiger partial charge on any atom is 0.233 e. The van der Waals surface area contributed by atoms with E-state index in [0.29, 0.717) is 18.5 Å². The molecule has 0 aromatic carbocycles. The molecule has 1 aliphatic rings. The fraction of sp³-hybridized carbons (Fsp3) is 0.933. The van der Waals surface area contributed by atoms with Crippen molar-refractivity contribution in [3.8, 4) is 0 Å². The molecule has 1 amide bonds. The Morgan fingerprint density at radius 3 is 2.44 bits per heavy atom. The van der Waals surface area contributed by atoms with Crippen molar-refractivity contribution in [2.45, 2.75) is 65.3 Å². The van der Waals surface area contributed by atoms with Crippen LogP contribution in [-0.4, -0.2) is 25.0 Å². The molecule has 1 fully saturated rings. The molecule has 1 rings (SSSR count). The van der Waals surface area contributed by atoms with Crippen LogP contribution in [0, 0.1) is 11.8 Å². The molecule has 1 atom stereocenters. The van der Waals surface area contributed by atoms with E-state index in [2.05, 4.69) is 31.4 Å². The minimum absolute atomic E-state index is 0.137. The summed E-state index contributed by atoms with van der Waals surface area (Å²) in [6, 6.07) is 0.473. The highest BCUT2D eigenvalue weighted by Crippen LogP contribution is 2.26. The number of hydrogen-bond acceptors (Lipinski definition) is 2. The van der Waals surface area contributed by atoms with Gasteiger partial charge in [-0.2, -0.15) is 0 Å². The molecule has 3 heteroatoms. The maximum absolute atomic E-state index is 11.6. The highest BCUT2D eigenvalue weighted by Gasteiger charge is 2.19. The van der Waals surface area contributed by atoms with Crippen LogP contribution < -0.4 is 10.6 Å². The zero-order valence-corrected chi connectivity index (χ0v) is 12.3. The topological polar surface area (TPSA) is 41.1 Å². The van der Waals surface area contributed by atoms with Crippen molar-refractivity contribution in [3.05, 3.63) is 0 Å². The van der Waals surface area contributed by atoms with E-state index < -0.39 is 0 Å². The van der Waals surface area contributed by atoms with Gasteiger partial charge in [-0.25, -0.2) is 0 Å². The van der Waals surface area contributed by atoms with Gasteiger partial charge in [0, 0.05) is 12.6 Å². The van der Waals surface area contributed by atoms with Crippen LogP contribution in [0.3, 0.4) is 0 Å². The van der Waals surface area contributed by atoms with Gasteiger partial charge in [0.25, 0.3) is 0 Å². The second-order valence-corrected chi connectivity index (χ2v) is 6.10. The molecular weight excluding hydrogens is 224 g/mol. The van der Waals surface area contributed by atoms with Gasteiger partial charge in [-0.1, -0.05) is 33.1 Å². The standard InChI is InChI=1S/C15H30N2O/c1-12(2)9-10-16-15(18)11-17-13(3)14-7-5-4-6-8-14/h12-14,17H,4-11H2,1-3H3,(H,16,18)/t13-/m1/s1. The van der Waals surface area contributed by atoms with Crippen LogP contribution in [0.1, 0.15) is 59.3 Å². The van der Waals surface area contributed by atoms with Crippen LogP contribution in [0.5, 0.6) is 0 Å². The predicted molar refractivity (Wildman–Crippen MR) is 76.5 cm³/mol. The minimum atomic E-state index is 0.137. The molecule has 0 aromatic heterocycles. The normalized spacial score (nSPS) is 18.9. The van der Waals surface area contributed by atoms with E-state index in [1.165, 1.54) is 32.1 Å². The Morgan fingerprint density at radius 2 is 1.83 bits per heavy atom. The number of carbonyl (C=O) groups is 1. The summed E-state index contributed by atoms with van der Waals surface area (Å²) in [5.74, 6) is 1.56. The first-order valence-corrected chi connectivity index (χ1v) is 7.59. The summed E-state index contributed by atoms with van der Waals surface area (Å²) in [6.45, 7) is 7.84. The van der Waals surface area contributed by atoms with Crippen molar-refractivity contribution in [2.24, 2.45) is 11.8 Å². The Balaban J connectivity index is 2.09. The molecule has 0 radical (unpaired) electrons. The van der Waals surface area contributed by atoms with E-state index in [-0.39, 0.29) is 5.91 Å². The lowest BCUT2D eigenvalue weighted by Gasteiger charge is -2.28. The van der Waals surface area contributed by atoms with E-state index in [1.54, 1.807) is 0 Å². The third-order valence-corrected chi connectivity index (χ3v) is 3.99. The van der Waals surface area contributed by atoms with Gasteiger partial charge in [-0.15, -0.1) is 0 Å². The fourth-order valence-corrected chi connectivity index (χ4v) is 2.62. The Kier molecular flexibility index (Phi) is 7.33. The lowest BCUT2D eigenvalue weighted by molar-refractivity contribution is -0.120. The van der Waals surface area contributed by atoms with Crippen molar-refractivity contribution in [1.82, 2.24) is 10.6 Å². The molecular formula is C15H30N2O. The van der Waals surface area contributed by atoms with Gasteiger partial charge < -0.3 is 10.6 Å². The molecule has 18 heavy (non-hydrogen) atoms. The summed E-state index contributed by atoms with van der Waals surface area (Å²) < 4.78 is 0. The Labute approximate surface area is 112 Å². The molecule has 1 saturated carbocycles. The summed E-state index contributed by atoms with van der Waals surface area (Å²) in [6.07, 6.45) is 7.81. The molecule has 0 spiro atoms. The van der Waals surface area contributed by atoms with Gasteiger partial charge in [0.15, 0.2) is 0 Å². The van der Waals surface area contributed by atoms with E-state index in [9.17, 15) is 4.79 Å². The zero-order chi connectivity index (χ0) is 13.4. The predicted octanol–water partition coefficient (Wildman–Crippen LogP) is 2.71. The highest BCUT2D eigenvalue weighted by molar-refractivity contribution is 5.77. The van der Waals surface area contributed by atoms with Crippen molar-refractivity contribution in [2.75, 3.05) is 13.1 Å². The largest absolute Gasteiger partial charge is 0.355 e. The van der Waals surface area contributed by atoms with Crippen molar-refractivity contribution < 1.29 is 4.79 Å². The first kappa shape index (κ1) is 15.5. The Morgan fingerprint density at radius 1 is 1.17 bits per heavy atom. The average molecular weight is 254 g/mol.